The fraction of sp³-hybridized carbons (Fsp3) is 0.562. The van der Waals surface area contributed by atoms with Crippen LogP contribution in [-0.2, 0) is 15.1 Å². The third-order valence-corrected chi connectivity index (χ3v) is 4.40. The molecule has 0 aliphatic heterocycles. The Kier molecular flexibility index (Phi) is 4.78. The maximum Gasteiger partial charge on any atom is 0.330 e. The molecule has 1 fully saturated rings. The normalized spacial score (nSPS) is 18.4. The highest BCUT2D eigenvalue weighted by atomic mass is 16.5. The van der Waals surface area contributed by atoms with Crippen LogP contribution in [0.5, 0.6) is 0 Å². The van der Waals surface area contributed by atoms with Gasteiger partial charge in [-0.2, -0.15) is 0 Å². The van der Waals surface area contributed by atoms with Gasteiger partial charge in [-0.1, -0.05) is 36.8 Å². The van der Waals surface area contributed by atoms with E-state index in [2.05, 4.69) is 11.9 Å². The van der Waals surface area contributed by atoms with E-state index in [9.17, 15) is 4.79 Å². The van der Waals surface area contributed by atoms with Gasteiger partial charge in [-0.25, -0.2) is 4.79 Å². The Morgan fingerprint density at radius 2 is 2.05 bits per heavy atom. The summed E-state index contributed by atoms with van der Waals surface area (Å²) in [6.45, 7) is 0.797. The average molecular weight is 276 g/mol. The lowest BCUT2D eigenvalue weighted by molar-refractivity contribution is -0.148. The molecule has 0 bridgehead atoms. The maximum absolute atomic E-state index is 12.1. The quantitative estimate of drug-likeness (QED) is 0.806. The van der Waals surface area contributed by atoms with Crippen LogP contribution in [0.3, 0.4) is 0 Å². The van der Waals surface area contributed by atoms with E-state index < -0.39 is 5.54 Å². The molecule has 1 aliphatic carbocycles. The number of esters is 1. The second-order valence-corrected chi connectivity index (χ2v) is 5.64. The molecule has 20 heavy (non-hydrogen) atoms. The van der Waals surface area contributed by atoms with Crippen molar-refractivity contribution in [2.75, 3.05) is 20.7 Å². The first-order valence-corrected chi connectivity index (χ1v) is 7.21. The lowest BCUT2D eigenvalue weighted by Crippen LogP contribution is -2.49. The van der Waals surface area contributed by atoms with Crippen LogP contribution in [0.2, 0.25) is 0 Å². The highest BCUT2D eigenvalue weighted by Crippen LogP contribution is 2.27. The highest BCUT2D eigenvalue weighted by Gasteiger charge is 2.37. The average Bonchev–Trinajstić information content (AvgIpc) is 2.43. The number of ether oxygens (including phenoxy) is 1. The fourth-order valence-corrected chi connectivity index (χ4v) is 2.64. The number of hydrogen-bond acceptors (Lipinski definition) is 4. The van der Waals surface area contributed by atoms with Crippen molar-refractivity contribution in [3.8, 4) is 0 Å². The first-order valence-electron chi connectivity index (χ1n) is 7.21. The Labute approximate surface area is 120 Å². The van der Waals surface area contributed by atoms with Crippen molar-refractivity contribution in [1.29, 1.82) is 0 Å². The number of nitrogens with two attached hydrogens (primary N) is 1. The number of hydrogen-bond donors (Lipinski definition) is 1. The topological polar surface area (TPSA) is 55.6 Å². The summed E-state index contributed by atoms with van der Waals surface area (Å²) < 4.78 is 4.92. The Morgan fingerprint density at radius 3 is 2.55 bits per heavy atom. The third kappa shape index (κ3) is 3.02. The second-order valence-electron chi connectivity index (χ2n) is 5.64. The zero-order valence-electron chi connectivity index (χ0n) is 12.3. The SMILES string of the molecule is COC(=O)C(N)(CCN(C)C1CCC1)c1ccccc1. The molecule has 0 saturated heterocycles. The monoisotopic (exact) mass is 276 g/mol. The summed E-state index contributed by atoms with van der Waals surface area (Å²) >= 11 is 0. The molecule has 4 heteroatoms. The van der Waals surface area contributed by atoms with Crippen LogP contribution in [0.1, 0.15) is 31.2 Å². The molecule has 2 N–H and O–H groups in total. The first-order chi connectivity index (χ1) is 9.58. The number of benzene rings is 1. The van der Waals surface area contributed by atoms with Gasteiger partial charge in [0.05, 0.1) is 7.11 Å². The van der Waals surface area contributed by atoms with Gasteiger partial charge >= 0.3 is 5.97 Å². The van der Waals surface area contributed by atoms with Crippen molar-refractivity contribution in [1.82, 2.24) is 4.90 Å². The van der Waals surface area contributed by atoms with Gasteiger partial charge in [-0.15, -0.1) is 0 Å². The van der Waals surface area contributed by atoms with Crippen molar-refractivity contribution in [2.24, 2.45) is 5.73 Å². The van der Waals surface area contributed by atoms with Crippen molar-refractivity contribution >= 4 is 5.97 Å². The molecule has 1 atom stereocenters. The van der Waals surface area contributed by atoms with E-state index in [0.717, 1.165) is 12.1 Å². The molecule has 1 aliphatic rings. The molecule has 1 unspecified atom stereocenters. The van der Waals surface area contributed by atoms with Gasteiger partial charge in [-0.3, -0.25) is 0 Å². The van der Waals surface area contributed by atoms with Gasteiger partial charge in [0.15, 0.2) is 0 Å². The molecule has 0 heterocycles. The lowest BCUT2D eigenvalue weighted by Gasteiger charge is -2.37. The molecule has 4 nitrogen and oxygen atoms in total. The van der Waals surface area contributed by atoms with E-state index >= 15 is 0 Å². The van der Waals surface area contributed by atoms with Crippen molar-refractivity contribution < 1.29 is 9.53 Å². The summed E-state index contributed by atoms with van der Waals surface area (Å²) in [7, 11) is 3.50. The standard InChI is InChI=1S/C16H24N2O2/c1-18(14-9-6-10-14)12-11-16(17,15(19)20-2)13-7-4-3-5-8-13/h3-5,7-8,14H,6,9-12,17H2,1-2H3. The summed E-state index contributed by atoms with van der Waals surface area (Å²) in [6, 6.07) is 10.1. The molecule has 0 aromatic heterocycles. The van der Waals surface area contributed by atoms with E-state index in [1.807, 2.05) is 30.3 Å². The Bertz CT molecular complexity index is 445. The van der Waals surface area contributed by atoms with Crippen molar-refractivity contribution in [3.63, 3.8) is 0 Å². The molecule has 0 radical (unpaired) electrons. The van der Waals surface area contributed by atoms with Gasteiger partial charge in [0, 0.05) is 12.6 Å². The maximum atomic E-state index is 12.1. The molecule has 1 saturated carbocycles. The van der Waals surface area contributed by atoms with Crippen LogP contribution in [0, 0.1) is 0 Å². The van der Waals surface area contributed by atoms with E-state index in [-0.39, 0.29) is 5.97 Å². The lowest BCUT2D eigenvalue weighted by atomic mass is 9.86. The molecule has 0 spiro atoms. The summed E-state index contributed by atoms with van der Waals surface area (Å²) in [5.41, 5.74) is 6.13. The number of rotatable bonds is 6. The highest BCUT2D eigenvalue weighted by molar-refractivity contribution is 5.82. The molecule has 2 rings (SSSR count). The number of carbonyl (C=O) groups is 1. The number of nitrogens with zero attached hydrogens (tertiary/aromatic N) is 1. The van der Waals surface area contributed by atoms with Gasteiger partial charge in [0.25, 0.3) is 0 Å². The first kappa shape index (κ1) is 15.0. The Morgan fingerprint density at radius 1 is 1.40 bits per heavy atom. The number of methoxy groups -OCH3 is 1. The smallest absolute Gasteiger partial charge is 0.330 e. The zero-order chi connectivity index (χ0) is 14.6. The number of carbonyl (C=O) groups excluding carboxylic acids is 1. The van der Waals surface area contributed by atoms with Gasteiger partial charge in [0.2, 0.25) is 0 Å². The Hall–Kier alpha value is -1.39. The van der Waals surface area contributed by atoms with E-state index in [1.54, 1.807) is 0 Å². The van der Waals surface area contributed by atoms with E-state index in [4.69, 9.17) is 10.5 Å². The second kappa shape index (κ2) is 6.37. The van der Waals surface area contributed by atoms with Crippen LogP contribution in [0.4, 0.5) is 0 Å². The minimum Gasteiger partial charge on any atom is -0.467 e. The predicted molar refractivity (Wildman–Crippen MR) is 79.2 cm³/mol. The summed E-state index contributed by atoms with van der Waals surface area (Å²) in [5.74, 6) is -0.370. The van der Waals surface area contributed by atoms with Crippen LogP contribution < -0.4 is 5.73 Å². The van der Waals surface area contributed by atoms with Gasteiger partial charge in [0.1, 0.15) is 5.54 Å². The summed E-state index contributed by atoms with van der Waals surface area (Å²) in [6.07, 6.45) is 4.37. The van der Waals surface area contributed by atoms with Crippen molar-refractivity contribution in [2.45, 2.75) is 37.3 Å². The molecular formula is C16H24N2O2. The van der Waals surface area contributed by atoms with Crippen LogP contribution in [-0.4, -0.2) is 37.6 Å². The van der Waals surface area contributed by atoms with Gasteiger partial charge < -0.3 is 15.4 Å². The molecule has 0 amide bonds. The fourth-order valence-electron chi connectivity index (χ4n) is 2.64. The molecular weight excluding hydrogens is 252 g/mol. The molecule has 1 aromatic rings. The van der Waals surface area contributed by atoms with E-state index in [0.29, 0.717) is 12.5 Å². The predicted octanol–water partition coefficient (Wildman–Crippen LogP) is 1.89. The van der Waals surface area contributed by atoms with Crippen LogP contribution in [0.15, 0.2) is 30.3 Å². The largest absolute Gasteiger partial charge is 0.467 e. The summed E-state index contributed by atoms with van der Waals surface area (Å²) in [4.78, 5) is 14.4. The van der Waals surface area contributed by atoms with E-state index in [1.165, 1.54) is 26.4 Å². The molecule has 1 aromatic carbocycles. The van der Waals surface area contributed by atoms with Crippen LogP contribution >= 0.6 is 0 Å². The van der Waals surface area contributed by atoms with Crippen molar-refractivity contribution in [3.05, 3.63) is 35.9 Å². The zero-order valence-corrected chi connectivity index (χ0v) is 12.3. The third-order valence-electron chi connectivity index (χ3n) is 4.40. The minimum atomic E-state index is -1.06. The Balaban J connectivity index is 2.09. The minimum absolute atomic E-state index is 0.370. The summed E-state index contributed by atoms with van der Waals surface area (Å²) in [5, 5.41) is 0. The molecule has 110 valence electrons. The van der Waals surface area contributed by atoms with Gasteiger partial charge in [-0.05, 0) is 31.9 Å². The van der Waals surface area contributed by atoms with Crippen LogP contribution in [0.25, 0.3) is 0 Å².